The Labute approximate surface area is 167 Å². The van der Waals surface area contributed by atoms with Crippen LogP contribution in [-0.4, -0.2) is 23.8 Å². The molecule has 1 aromatic heterocycles. The highest BCUT2D eigenvalue weighted by molar-refractivity contribution is 6.14. The van der Waals surface area contributed by atoms with Crippen molar-refractivity contribution in [3.05, 3.63) is 95.3 Å². The molecular formula is C23H16N2O4. The Bertz CT molecular complexity index is 1100. The molecule has 142 valence electrons. The number of nitriles is 1. The second-order valence-electron chi connectivity index (χ2n) is 5.90. The van der Waals surface area contributed by atoms with Crippen LogP contribution >= 0.6 is 0 Å². The number of ether oxygens (including phenoxy) is 2. The van der Waals surface area contributed by atoms with Crippen LogP contribution in [0.25, 0.3) is 6.08 Å². The number of hydrogen-bond acceptors (Lipinski definition) is 6. The van der Waals surface area contributed by atoms with Crippen LogP contribution in [0.1, 0.15) is 26.3 Å². The van der Waals surface area contributed by atoms with Crippen LogP contribution in [0.2, 0.25) is 0 Å². The summed E-state index contributed by atoms with van der Waals surface area (Å²) in [6.45, 7) is 0. The van der Waals surface area contributed by atoms with Crippen molar-refractivity contribution < 1.29 is 19.1 Å². The molecule has 2 aromatic carbocycles. The zero-order valence-corrected chi connectivity index (χ0v) is 15.5. The van der Waals surface area contributed by atoms with Gasteiger partial charge in [0.05, 0.1) is 12.7 Å². The fourth-order valence-corrected chi connectivity index (χ4v) is 2.57. The second kappa shape index (κ2) is 9.11. The van der Waals surface area contributed by atoms with Gasteiger partial charge in [0.25, 0.3) is 0 Å². The molecule has 0 radical (unpaired) electrons. The Balaban J connectivity index is 1.86. The van der Waals surface area contributed by atoms with E-state index < -0.39 is 5.97 Å². The average molecular weight is 384 g/mol. The van der Waals surface area contributed by atoms with Gasteiger partial charge in [0.2, 0.25) is 5.78 Å². The van der Waals surface area contributed by atoms with Crippen molar-refractivity contribution >= 4 is 17.8 Å². The van der Waals surface area contributed by atoms with Crippen LogP contribution in [-0.2, 0) is 0 Å². The maximum Gasteiger partial charge on any atom is 0.343 e. The maximum atomic E-state index is 12.5. The number of methoxy groups -OCH3 is 1. The van der Waals surface area contributed by atoms with Gasteiger partial charge in [-0.25, -0.2) is 4.79 Å². The van der Waals surface area contributed by atoms with E-state index in [-0.39, 0.29) is 17.1 Å². The summed E-state index contributed by atoms with van der Waals surface area (Å²) in [6, 6.07) is 18.3. The van der Waals surface area contributed by atoms with Crippen molar-refractivity contribution in [2.24, 2.45) is 0 Å². The van der Waals surface area contributed by atoms with Gasteiger partial charge in [0, 0.05) is 18.0 Å². The summed E-state index contributed by atoms with van der Waals surface area (Å²) in [7, 11) is 1.44. The number of hydrogen-bond donors (Lipinski definition) is 0. The van der Waals surface area contributed by atoms with Gasteiger partial charge in [-0.05, 0) is 35.9 Å². The smallest absolute Gasteiger partial charge is 0.343 e. The molecule has 0 aliphatic rings. The fraction of sp³-hybridized carbons (Fsp3) is 0.0435. The van der Waals surface area contributed by atoms with E-state index in [2.05, 4.69) is 4.98 Å². The number of esters is 1. The third-order valence-corrected chi connectivity index (χ3v) is 4.02. The molecule has 0 spiro atoms. The Morgan fingerprint density at radius 2 is 1.69 bits per heavy atom. The molecule has 3 rings (SSSR count). The lowest BCUT2D eigenvalue weighted by Crippen LogP contribution is -2.09. The molecule has 0 aliphatic carbocycles. The first-order valence-corrected chi connectivity index (χ1v) is 8.64. The van der Waals surface area contributed by atoms with E-state index in [4.69, 9.17) is 9.47 Å². The first-order chi connectivity index (χ1) is 14.1. The first-order valence-electron chi connectivity index (χ1n) is 8.64. The second-order valence-corrected chi connectivity index (χ2v) is 5.90. The first kappa shape index (κ1) is 19.5. The normalized spacial score (nSPS) is 10.7. The Hall–Kier alpha value is -4.24. The summed E-state index contributed by atoms with van der Waals surface area (Å²) >= 11 is 0. The Kier molecular flexibility index (Phi) is 6.13. The number of pyridine rings is 1. The minimum atomic E-state index is -0.550. The number of carbonyl (C=O) groups is 2. The Morgan fingerprint density at radius 3 is 2.34 bits per heavy atom. The highest BCUT2D eigenvalue weighted by atomic mass is 16.6. The molecule has 0 aliphatic heterocycles. The third-order valence-electron chi connectivity index (χ3n) is 4.02. The number of carbonyl (C=O) groups excluding carboxylic acids is 2. The summed E-state index contributed by atoms with van der Waals surface area (Å²) in [6.07, 6.45) is 4.45. The summed E-state index contributed by atoms with van der Waals surface area (Å²) in [5.41, 5.74) is 1.33. The van der Waals surface area contributed by atoms with Gasteiger partial charge in [-0.3, -0.25) is 9.78 Å². The van der Waals surface area contributed by atoms with E-state index in [1.165, 1.54) is 25.6 Å². The lowest BCUT2D eigenvalue weighted by Gasteiger charge is -2.10. The predicted molar refractivity (Wildman–Crippen MR) is 107 cm³/mol. The van der Waals surface area contributed by atoms with Gasteiger partial charge >= 0.3 is 5.97 Å². The van der Waals surface area contributed by atoms with Crippen LogP contribution in [0.4, 0.5) is 0 Å². The molecular weight excluding hydrogens is 368 g/mol. The molecule has 0 saturated heterocycles. The molecule has 29 heavy (non-hydrogen) atoms. The highest BCUT2D eigenvalue weighted by Crippen LogP contribution is 2.30. The molecule has 6 heteroatoms. The molecule has 1 heterocycles. The fourth-order valence-electron chi connectivity index (χ4n) is 2.57. The summed E-state index contributed by atoms with van der Waals surface area (Å²) in [4.78, 5) is 28.6. The van der Waals surface area contributed by atoms with Crippen molar-refractivity contribution in [1.82, 2.24) is 4.98 Å². The highest BCUT2D eigenvalue weighted by Gasteiger charge is 2.15. The molecule has 0 bridgehead atoms. The van der Waals surface area contributed by atoms with Gasteiger partial charge in [-0.2, -0.15) is 5.26 Å². The van der Waals surface area contributed by atoms with Crippen molar-refractivity contribution in [3.8, 4) is 17.6 Å². The van der Waals surface area contributed by atoms with Crippen LogP contribution < -0.4 is 9.47 Å². The van der Waals surface area contributed by atoms with Crippen LogP contribution in [0.5, 0.6) is 11.5 Å². The van der Waals surface area contributed by atoms with Gasteiger partial charge in [0.1, 0.15) is 11.6 Å². The number of aromatic nitrogens is 1. The molecule has 0 N–H and O–H groups in total. The minimum absolute atomic E-state index is 0.0141. The zero-order chi connectivity index (χ0) is 20.6. The van der Waals surface area contributed by atoms with Crippen molar-refractivity contribution in [1.29, 1.82) is 5.26 Å². The summed E-state index contributed by atoms with van der Waals surface area (Å²) < 4.78 is 10.7. The summed E-state index contributed by atoms with van der Waals surface area (Å²) in [5.74, 6) is -0.406. The number of ketones is 1. The van der Waals surface area contributed by atoms with E-state index in [0.717, 1.165) is 0 Å². The molecule has 0 atom stereocenters. The van der Waals surface area contributed by atoms with E-state index in [0.29, 0.717) is 22.4 Å². The van der Waals surface area contributed by atoms with Gasteiger partial charge < -0.3 is 9.47 Å². The quantitative estimate of drug-likeness (QED) is 0.209. The number of rotatable bonds is 6. The zero-order valence-electron chi connectivity index (χ0n) is 15.5. The molecule has 6 nitrogen and oxygen atoms in total. The number of Topliss-reactive ketones (excluding diaryl/α,β-unsaturated/α-hetero) is 1. The van der Waals surface area contributed by atoms with E-state index in [9.17, 15) is 14.9 Å². The number of allylic oxidation sites excluding steroid dienone is 1. The largest absolute Gasteiger partial charge is 0.493 e. The van der Waals surface area contributed by atoms with E-state index in [1.807, 2.05) is 6.07 Å². The van der Waals surface area contributed by atoms with Crippen LogP contribution in [0, 0.1) is 11.3 Å². The summed E-state index contributed by atoms with van der Waals surface area (Å²) in [5, 5.41) is 9.40. The van der Waals surface area contributed by atoms with E-state index >= 15 is 0 Å². The van der Waals surface area contributed by atoms with E-state index in [1.54, 1.807) is 60.7 Å². The monoisotopic (exact) mass is 384 g/mol. The van der Waals surface area contributed by atoms with Crippen LogP contribution in [0.3, 0.4) is 0 Å². The third kappa shape index (κ3) is 4.73. The minimum Gasteiger partial charge on any atom is -0.493 e. The Morgan fingerprint density at radius 1 is 0.966 bits per heavy atom. The molecule has 0 saturated carbocycles. The lowest BCUT2D eigenvalue weighted by atomic mass is 10.0. The SMILES string of the molecule is COc1cc(/C=C(\C#N)C(=O)c2ccccc2)ccc1OC(=O)c1ccncc1. The molecule has 0 amide bonds. The molecule has 0 unspecified atom stereocenters. The molecule has 3 aromatic rings. The topological polar surface area (TPSA) is 89.3 Å². The van der Waals surface area contributed by atoms with Crippen LogP contribution in [0.15, 0.2) is 78.6 Å². The van der Waals surface area contributed by atoms with Crippen molar-refractivity contribution in [2.45, 2.75) is 0 Å². The predicted octanol–water partition coefficient (Wildman–Crippen LogP) is 4.10. The number of nitrogens with zero attached hydrogens (tertiary/aromatic N) is 2. The number of benzene rings is 2. The lowest BCUT2D eigenvalue weighted by molar-refractivity contribution is 0.0729. The maximum absolute atomic E-state index is 12.5. The van der Waals surface area contributed by atoms with Gasteiger partial charge in [-0.15, -0.1) is 0 Å². The standard InChI is InChI=1S/C23H16N2O4/c1-28-21-14-16(13-19(15-24)22(26)17-5-3-2-4-6-17)7-8-20(21)29-23(27)18-9-11-25-12-10-18/h2-14H,1H3/b19-13+. The van der Waals surface area contributed by atoms with Crippen molar-refractivity contribution in [2.75, 3.05) is 7.11 Å². The van der Waals surface area contributed by atoms with Gasteiger partial charge in [0.15, 0.2) is 11.5 Å². The average Bonchev–Trinajstić information content (AvgIpc) is 2.78. The van der Waals surface area contributed by atoms with Crippen molar-refractivity contribution in [3.63, 3.8) is 0 Å². The van der Waals surface area contributed by atoms with Gasteiger partial charge in [-0.1, -0.05) is 36.4 Å². The molecule has 0 fully saturated rings.